The van der Waals surface area contributed by atoms with E-state index in [1.54, 1.807) is 36.4 Å². The number of aryl methyl sites for hydroxylation is 2. The van der Waals surface area contributed by atoms with E-state index in [-0.39, 0.29) is 0 Å². The van der Waals surface area contributed by atoms with Crippen LogP contribution in [0.5, 0.6) is 11.5 Å². The fourth-order valence-electron chi connectivity index (χ4n) is 2.27. The van der Waals surface area contributed by atoms with Crippen LogP contribution in [0, 0.1) is 0 Å². The Morgan fingerprint density at radius 2 is 1.26 bits per heavy atom. The smallest absolute Gasteiger partial charge is 0.240 e. The number of aliphatic imine (C=N–C) groups is 2. The summed E-state index contributed by atoms with van der Waals surface area (Å²) in [6.45, 7) is 3.95. The number of ether oxygens (including phenoxy) is 1. The largest absolute Gasteiger partial charge is 0.457 e. The number of isocyanates is 2. The van der Waals surface area contributed by atoms with Crippen molar-refractivity contribution < 1.29 is 14.3 Å². The molecule has 0 unspecified atom stereocenters. The van der Waals surface area contributed by atoms with Crippen LogP contribution in [0.2, 0.25) is 0 Å². The number of rotatable bonds is 6. The Kier molecular flexibility index (Phi) is 5.59. The maximum absolute atomic E-state index is 10.4. The lowest BCUT2D eigenvalue weighted by molar-refractivity contribution is 0.481. The zero-order chi connectivity index (χ0) is 16.7. The fourth-order valence-corrected chi connectivity index (χ4v) is 2.27. The maximum Gasteiger partial charge on any atom is 0.240 e. The molecule has 23 heavy (non-hydrogen) atoms. The molecule has 5 nitrogen and oxygen atoms in total. The number of hydrogen-bond donors (Lipinski definition) is 0. The predicted octanol–water partition coefficient (Wildman–Crippen LogP) is 4.54. The summed E-state index contributed by atoms with van der Waals surface area (Å²) in [7, 11) is 0. The first-order chi connectivity index (χ1) is 11.2. The van der Waals surface area contributed by atoms with E-state index >= 15 is 0 Å². The molecule has 0 aliphatic rings. The summed E-state index contributed by atoms with van der Waals surface area (Å²) in [6, 6.07) is 10.6. The third kappa shape index (κ3) is 4.01. The van der Waals surface area contributed by atoms with E-state index in [0.29, 0.717) is 22.9 Å². The topological polar surface area (TPSA) is 68.1 Å². The third-order valence-corrected chi connectivity index (χ3v) is 3.43. The van der Waals surface area contributed by atoms with Gasteiger partial charge in [-0.25, -0.2) is 9.59 Å². The highest BCUT2D eigenvalue weighted by Gasteiger charge is 2.06. The van der Waals surface area contributed by atoms with Crippen molar-refractivity contribution in [2.45, 2.75) is 26.7 Å². The summed E-state index contributed by atoms with van der Waals surface area (Å²) >= 11 is 0. The molecule has 2 aromatic rings. The van der Waals surface area contributed by atoms with Crippen LogP contribution in [0.15, 0.2) is 46.4 Å². The Bertz CT molecular complexity index is 734. The zero-order valence-corrected chi connectivity index (χ0v) is 13.0. The van der Waals surface area contributed by atoms with Gasteiger partial charge in [0.05, 0.1) is 11.4 Å². The van der Waals surface area contributed by atoms with Crippen LogP contribution < -0.4 is 4.74 Å². The summed E-state index contributed by atoms with van der Waals surface area (Å²) in [5.74, 6) is 1.31. The van der Waals surface area contributed by atoms with Crippen LogP contribution in [0.3, 0.4) is 0 Å². The first-order valence-electron chi connectivity index (χ1n) is 7.31. The van der Waals surface area contributed by atoms with E-state index in [0.717, 1.165) is 24.0 Å². The predicted molar refractivity (Wildman–Crippen MR) is 87.3 cm³/mol. The monoisotopic (exact) mass is 308 g/mol. The summed E-state index contributed by atoms with van der Waals surface area (Å²) in [4.78, 5) is 28.2. The van der Waals surface area contributed by atoms with E-state index in [9.17, 15) is 9.59 Å². The van der Waals surface area contributed by atoms with E-state index in [1.165, 1.54) is 0 Å². The van der Waals surface area contributed by atoms with Gasteiger partial charge in [-0.1, -0.05) is 13.8 Å². The molecule has 0 saturated heterocycles. The van der Waals surface area contributed by atoms with E-state index < -0.39 is 0 Å². The van der Waals surface area contributed by atoms with Gasteiger partial charge >= 0.3 is 0 Å². The van der Waals surface area contributed by atoms with Crippen LogP contribution in [0.25, 0.3) is 0 Å². The van der Waals surface area contributed by atoms with Crippen LogP contribution in [0.1, 0.15) is 25.0 Å². The van der Waals surface area contributed by atoms with Crippen molar-refractivity contribution in [3.05, 3.63) is 47.5 Å². The average Bonchev–Trinajstić information content (AvgIpc) is 2.58. The van der Waals surface area contributed by atoms with Crippen molar-refractivity contribution in [2.75, 3.05) is 0 Å². The molecule has 0 bridgehead atoms. The van der Waals surface area contributed by atoms with Crippen LogP contribution in [-0.4, -0.2) is 12.2 Å². The number of benzene rings is 2. The lowest BCUT2D eigenvalue weighted by Crippen LogP contribution is -1.89. The van der Waals surface area contributed by atoms with Gasteiger partial charge in [-0.15, -0.1) is 0 Å². The highest BCUT2D eigenvalue weighted by atomic mass is 16.5. The molecule has 0 aromatic heterocycles. The second kappa shape index (κ2) is 7.85. The molecule has 0 atom stereocenters. The molecule has 0 aliphatic heterocycles. The Labute approximate surface area is 134 Å². The molecule has 0 spiro atoms. The fraction of sp³-hybridized carbons (Fsp3) is 0.222. The number of hydrogen-bond acceptors (Lipinski definition) is 5. The molecule has 0 heterocycles. The quantitative estimate of drug-likeness (QED) is 0.581. The standard InChI is InChI=1S/C18H16N2O3/c1-3-13-9-15(5-7-17(13)19-11-21)23-16-6-8-18(20-12-22)14(4-2)10-16/h5-10H,3-4H2,1-2H3. The molecule has 0 amide bonds. The lowest BCUT2D eigenvalue weighted by atomic mass is 10.1. The molecule has 2 rings (SSSR count). The third-order valence-electron chi connectivity index (χ3n) is 3.43. The SMILES string of the molecule is CCc1cc(Oc2ccc(N=C=O)c(CC)c2)ccc1N=C=O. The first kappa shape index (κ1) is 16.4. The number of carbonyl (C=O) groups excluding carboxylic acids is 2. The Morgan fingerprint density at radius 3 is 1.61 bits per heavy atom. The minimum absolute atomic E-state index is 0.597. The van der Waals surface area contributed by atoms with Crippen molar-refractivity contribution in [1.29, 1.82) is 0 Å². The van der Waals surface area contributed by atoms with Gasteiger partial charge in [0.1, 0.15) is 11.5 Å². The van der Waals surface area contributed by atoms with Gasteiger partial charge in [0.25, 0.3) is 0 Å². The van der Waals surface area contributed by atoms with E-state index in [4.69, 9.17) is 4.74 Å². The summed E-state index contributed by atoms with van der Waals surface area (Å²) < 4.78 is 5.85. The first-order valence-corrected chi connectivity index (χ1v) is 7.31. The molecule has 0 N–H and O–H groups in total. The summed E-state index contributed by atoms with van der Waals surface area (Å²) in [5, 5.41) is 0. The Morgan fingerprint density at radius 1 is 0.826 bits per heavy atom. The van der Waals surface area contributed by atoms with Crippen LogP contribution >= 0.6 is 0 Å². The molecule has 0 saturated carbocycles. The normalized spacial score (nSPS) is 9.65. The second-order valence-electron chi connectivity index (χ2n) is 4.80. The summed E-state index contributed by atoms with van der Waals surface area (Å²) in [5.41, 5.74) is 3.01. The van der Waals surface area contributed by atoms with Crippen molar-refractivity contribution in [3.8, 4) is 11.5 Å². The average molecular weight is 308 g/mol. The van der Waals surface area contributed by atoms with E-state index in [1.807, 2.05) is 26.0 Å². The Balaban J connectivity index is 2.32. The van der Waals surface area contributed by atoms with Gasteiger partial charge in [0, 0.05) is 0 Å². The molecular weight excluding hydrogens is 292 g/mol. The summed E-state index contributed by atoms with van der Waals surface area (Å²) in [6.07, 6.45) is 4.56. The van der Waals surface area contributed by atoms with Crippen molar-refractivity contribution in [2.24, 2.45) is 9.98 Å². The molecular formula is C18H16N2O3. The van der Waals surface area contributed by atoms with Gasteiger partial charge in [0.2, 0.25) is 12.2 Å². The van der Waals surface area contributed by atoms with Gasteiger partial charge in [0.15, 0.2) is 0 Å². The van der Waals surface area contributed by atoms with Crippen molar-refractivity contribution >= 4 is 23.5 Å². The molecule has 2 aromatic carbocycles. The van der Waals surface area contributed by atoms with E-state index in [2.05, 4.69) is 9.98 Å². The zero-order valence-electron chi connectivity index (χ0n) is 13.0. The molecule has 0 aliphatic carbocycles. The van der Waals surface area contributed by atoms with Crippen molar-refractivity contribution in [3.63, 3.8) is 0 Å². The highest BCUT2D eigenvalue weighted by Crippen LogP contribution is 2.31. The van der Waals surface area contributed by atoms with Gasteiger partial charge in [-0.2, -0.15) is 9.98 Å². The van der Waals surface area contributed by atoms with Gasteiger partial charge in [-0.05, 0) is 60.4 Å². The molecule has 0 radical (unpaired) electrons. The molecule has 0 fully saturated rings. The highest BCUT2D eigenvalue weighted by molar-refractivity contribution is 5.58. The lowest BCUT2D eigenvalue weighted by Gasteiger charge is -2.10. The number of nitrogens with zero attached hydrogens (tertiary/aromatic N) is 2. The van der Waals surface area contributed by atoms with Crippen LogP contribution in [-0.2, 0) is 22.4 Å². The maximum atomic E-state index is 10.4. The van der Waals surface area contributed by atoms with Crippen LogP contribution in [0.4, 0.5) is 11.4 Å². The molecule has 5 heteroatoms. The van der Waals surface area contributed by atoms with Gasteiger partial charge < -0.3 is 4.74 Å². The minimum Gasteiger partial charge on any atom is -0.457 e. The second-order valence-corrected chi connectivity index (χ2v) is 4.80. The minimum atomic E-state index is 0.597. The molecule has 116 valence electrons. The van der Waals surface area contributed by atoms with Gasteiger partial charge in [-0.3, -0.25) is 0 Å². The Hall–Kier alpha value is -3.00. The van der Waals surface area contributed by atoms with Crippen molar-refractivity contribution in [1.82, 2.24) is 0 Å².